The molecular weight excluding hydrogens is 671 g/mol. The van der Waals surface area contributed by atoms with Crippen LogP contribution in [-0.4, -0.2) is 0 Å². The second kappa shape index (κ2) is 12.4. The van der Waals surface area contributed by atoms with Gasteiger partial charge in [-0.05, 0) is 96.4 Å². The van der Waals surface area contributed by atoms with E-state index in [0.717, 1.165) is 11.4 Å². The van der Waals surface area contributed by atoms with E-state index < -0.39 is 0 Å². The third-order valence-corrected chi connectivity index (χ3v) is 12.2. The minimum Gasteiger partial charge on any atom is -0.310 e. The van der Waals surface area contributed by atoms with Crippen LogP contribution in [0.15, 0.2) is 200 Å². The number of thiophene rings is 1. The molecule has 0 radical (unpaired) electrons. The second-order valence-corrected chi connectivity index (χ2v) is 15.1. The van der Waals surface area contributed by atoms with Crippen LogP contribution in [-0.2, 0) is 0 Å². The van der Waals surface area contributed by atoms with Crippen molar-refractivity contribution in [3.05, 3.63) is 200 Å². The Hall–Kier alpha value is -6.74. The predicted molar refractivity (Wildman–Crippen MR) is 235 cm³/mol. The van der Waals surface area contributed by atoms with E-state index in [1.165, 1.54) is 91.2 Å². The smallest absolute Gasteiger partial charge is 0.0554 e. The van der Waals surface area contributed by atoms with Crippen molar-refractivity contribution in [3.63, 3.8) is 0 Å². The SMILES string of the molecule is c1ccc(-c2cccc(N(c3ccc(-c4cccc5c4ccc4ccc6ccccc6c45)cc3)c3cccc4ccc5c6ccccc6sc5c34)c2)cc1. The molecule has 0 unspecified atom stereocenters. The van der Waals surface area contributed by atoms with Crippen LogP contribution in [0.2, 0.25) is 0 Å². The highest BCUT2D eigenvalue weighted by Gasteiger charge is 2.20. The first-order valence-corrected chi connectivity index (χ1v) is 19.3. The molecule has 0 atom stereocenters. The first-order chi connectivity index (χ1) is 26.8. The lowest BCUT2D eigenvalue weighted by Crippen LogP contribution is -2.10. The summed E-state index contributed by atoms with van der Waals surface area (Å²) in [6.07, 6.45) is 0. The Labute approximate surface area is 317 Å². The molecule has 2 heteroatoms. The van der Waals surface area contributed by atoms with Gasteiger partial charge in [-0.15, -0.1) is 11.3 Å². The van der Waals surface area contributed by atoms with E-state index in [4.69, 9.17) is 0 Å². The average molecular weight is 704 g/mol. The fraction of sp³-hybridized carbons (Fsp3) is 0. The van der Waals surface area contributed by atoms with Crippen molar-refractivity contribution in [2.75, 3.05) is 4.90 Å². The first kappa shape index (κ1) is 30.8. The maximum absolute atomic E-state index is 2.45. The quantitative estimate of drug-likeness (QED) is 0.161. The second-order valence-electron chi connectivity index (χ2n) is 14.1. The number of rotatable bonds is 5. The van der Waals surface area contributed by atoms with Gasteiger partial charge < -0.3 is 4.90 Å². The molecule has 11 aromatic rings. The Balaban J connectivity index is 1.11. The summed E-state index contributed by atoms with van der Waals surface area (Å²) in [6, 6.07) is 73.4. The number of fused-ring (bicyclic) bond motifs is 10. The molecule has 0 saturated heterocycles. The van der Waals surface area contributed by atoms with E-state index >= 15 is 0 Å². The lowest BCUT2D eigenvalue weighted by Gasteiger charge is -2.28. The molecule has 11 rings (SSSR count). The lowest BCUT2D eigenvalue weighted by atomic mass is 9.92. The van der Waals surface area contributed by atoms with E-state index in [1.807, 2.05) is 11.3 Å². The molecule has 10 aromatic carbocycles. The molecular formula is C52H33NS. The van der Waals surface area contributed by atoms with Gasteiger partial charge in [0.1, 0.15) is 0 Å². The van der Waals surface area contributed by atoms with Crippen LogP contribution in [0.3, 0.4) is 0 Å². The van der Waals surface area contributed by atoms with Gasteiger partial charge in [0.05, 0.1) is 5.69 Å². The molecule has 0 N–H and O–H groups in total. The topological polar surface area (TPSA) is 3.24 Å². The number of hydrogen-bond acceptors (Lipinski definition) is 2. The van der Waals surface area contributed by atoms with E-state index in [9.17, 15) is 0 Å². The van der Waals surface area contributed by atoms with Crippen molar-refractivity contribution in [2.45, 2.75) is 0 Å². The van der Waals surface area contributed by atoms with Gasteiger partial charge in [0, 0.05) is 36.9 Å². The molecule has 0 bridgehead atoms. The van der Waals surface area contributed by atoms with Gasteiger partial charge in [0.25, 0.3) is 0 Å². The fourth-order valence-electron chi connectivity index (χ4n) is 8.51. The Morgan fingerprint density at radius 2 is 0.981 bits per heavy atom. The molecule has 0 fully saturated rings. The van der Waals surface area contributed by atoms with Gasteiger partial charge >= 0.3 is 0 Å². The Kier molecular flexibility index (Phi) is 7.11. The molecule has 1 aromatic heterocycles. The highest BCUT2D eigenvalue weighted by molar-refractivity contribution is 7.26. The Morgan fingerprint density at radius 3 is 1.87 bits per heavy atom. The molecule has 0 aliphatic rings. The predicted octanol–water partition coefficient (Wildman–Crippen LogP) is 15.5. The maximum Gasteiger partial charge on any atom is 0.0554 e. The summed E-state index contributed by atoms with van der Waals surface area (Å²) in [4.78, 5) is 2.45. The van der Waals surface area contributed by atoms with Crippen LogP contribution in [0.1, 0.15) is 0 Å². The fourth-order valence-corrected chi connectivity index (χ4v) is 9.77. The van der Waals surface area contributed by atoms with Gasteiger partial charge in [-0.3, -0.25) is 0 Å². The van der Waals surface area contributed by atoms with E-state index in [1.54, 1.807) is 0 Å². The number of anilines is 3. The summed E-state index contributed by atoms with van der Waals surface area (Å²) >= 11 is 1.89. The van der Waals surface area contributed by atoms with E-state index in [2.05, 4.69) is 205 Å². The van der Waals surface area contributed by atoms with Crippen molar-refractivity contribution in [1.29, 1.82) is 0 Å². The standard InChI is InChI=1S/C52H33NS/c1-2-11-34(12-3-1)39-15-8-16-41(33-39)53(48-21-9-14-37-28-32-47-45-18-6-7-22-49(45)54-52(47)51(37)48)40-29-25-36(26-30-40)42-19-10-20-46-44(42)31-27-38-24-23-35-13-4-5-17-43(35)50(38)46/h1-33H. The molecule has 0 aliphatic heterocycles. The highest BCUT2D eigenvalue weighted by Crippen LogP contribution is 2.46. The van der Waals surface area contributed by atoms with Crippen molar-refractivity contribution in [1.82, 2.24) is 0 Å². The number of nitrogens with zero attached hydrogens (tertiary/aromatic N) is 1. The molecule has 1 heterocycles. The third-order valence-electron chi connectivity index (χ3n) is 11.0. The zero-order chi connectivity index (χ0) is 35.6. The maximum atomic E-state index is 2.45. The largest absolute Gasteiger partial charge is 0.310 e. The zero-order valence-corrected chi connectivity index (χ0v) is 30.2. The third kappa shape index (κ3) is 4.92. The first-order valence-electron chi connectivity index (χ1n) is 18.5. The van der Waals surface area contributed by atoms with Crippen molar-refractivity contribution >= 4 is 91.7 Å². The normalized spacial score (nSPS) is 11.7. The van der Waals surface area contributed by atoms with Crippen LogP contribution in [0.5, 0.6) is 0 Å². The summed E-state index contributed by atoms with van der Waals surface area (Å²) in [5.74, 6) is 0. The Bertz CT molecular complexity index is 3210. The molecule has 0 spiro atoms. The summed E-state index contributed by atoms with van der Waals surface area (Å²) in [5, 5.41) is 12.8. The molecule has 54 heavy (non-hydrogen) atoms. The minimum absolute atomic E-state index is 1.12. The van der Waals surface area contributed by atoms with Gasteiger partial charge in [-0.2, -0.15) is 0 Å². The number of benzene rings is 10. The summed E-state index contributed by atoms with van der Waals surface area (Å²) in [7, 11) is 0. The van der Waals surface area contributed by atoms with E-state index in [-0.39, 0.29) is 0 Å². The van der Waals surface area contributed by atoms with Crippen molar-refractivity contribution in [2.24, 2.45) is 0 Å². The number of hydrogen-bond donors (Lipinski definition) is 0. The van der Waals surface area contributed by atoms with Crippen LogP contribution < -0.4 is 4.90 Å². The molecule has 0 aliphatic carbocycles. The van der Waals surface area contributed by atoms with Gasteiger partial charge in [-0.1, -0.05) is 164 Å². The van der Waals surface area contributed by atoms with Crippen molar-refractivity contribution < 1.29 is 0 Å². The van der Waals surface area contributed by atoms with Crippen molar-refractivity contribution in [3.8, 4) is 22.3 Å². The monoisotopic (exact) mass is 703 g/mol. The summed E-state index contributed by atoms with van der Waals surface area (Å²) in [6.45, 7) is 0. The molecule has 1 nitrogen and oxygen atoms in total. The van der Waals surface area contributed by atoms with Crippen LogP contribution in [0.25, 0.3) is 85.5 Å². The van der Waals surface area contributed by atoms with Crippen LogP contribution >= 0.6 is 11.3 Å². The molecule has 0 saturated carbocycles. The van der Waals surface area contributed by atoms with Crippen LogP contribution in [0.4, 0.5) is 17.1 Å². The summed E-state index contributed by atoms with van der Waals surface area (Å²) in [5.41, 5.74) is 8.25. The highest BCUT2D eigenvalue weighted by atomic mass is 32.1. The molecule has 0 amide bonds. The van der Waals surface area contributed by atoms with Gasteiger partial charge in [0.15, 0.2) is 0 Å². The van der Waals surface area contributed by atoms with Gasteiger partial charge in [-0.25, -0.2) is 0 Å². The lowest BCUT2D eigenvalue weighted by molar-refractivity contribution is 1.30. The molecule has 252 valence electrons. The zero-order valence-electron chi connectivity index (χ0n) is 29.4. The van der Waals surface area contributed by atoms with Gasteiger partial charge in [0.2, 0.25) is 0 Å². The Morgan fingerprint density at radius 1 is 0.333 bits per heavy atom. The van der Waals surface area contributed by atoms with Crippen LogP contribution in [0, 0.1) is 0 Å². The summed E-state index contributed by atoms with van der Waals surface area (Å²) < 4.78 is 2.63. The average Bonchev–Trinajstić information content (AvgIpc) is 3.63. The van der Waals surface area contributed by atoms with E-state index in [0.29, 0.717) is 0 Å². The minimum atomic E-state index is 1.12.